The van der Waals surface area contributed by atoms with Gasteiger partial charge in [0.1, 0.15) is 0 Å². The van der Waals surface area contributed by atoms with Gasteiger partial charge in [0.15, 0.2) is 0 Å². The summed E-state index contributed by atoms with van der Waals surface area (Å²) in [6, 6.07) is 7.78. The van der Waals surface area contributed by atoms with Gasteiger partial charge in [-0.3, -0.25) is 9.69 Å². The van der Waals surface area contributed by atoms with Crippen molar-refractivity contribution in [3.8, 4) is 0 Å². The molecule has 2 N–H and O–H groups in total. The molecule has 7 heteroatoms. The standard InChI is InChI=1S/C18H26N4O3/c1-19-17(23)15-4-2-3-14(11-15)5-6-20-18(24)22-8-7-21-9-10-25-13-16(21)12-22/h2-4,11,16H,5-10,12-13H2,1H3,(H,19,23)(H,20,24). The van der Waals surface area contributed by atoms with Crippen molar-refractivity contribution in [1.29, 1.82) is 0 Å². The van der Waals surface area contributed by atoms with Gasteiger partial charge in [0.05, 0.1) is 19.3 Å². The molecule has 2 saturated heterocycles. The maximum absolute atomic E-state index is 12.4. The lowest BCUT2D eigenvalue weighted by atomic mass is 10.1. The first kappa shape index (κ1) is 17.7. The number of carbonyl (C=O) groups is 2. The van der Waals surface area contributed by atoms with Gasteiger partial charge in [-0.1, -0.05) is 12.1 Å². The average Bonchev–Trinajstić information content (AvgIpc) is 2.67. The second-order valence-corrected chi connectivity index (χ2v) is 6.47. The Balaban J connectivity index is 1.46. The molecule has 3 amide bonds. The molecule has 0 aromatic heterocycles. The fourth-order valence-electron chi connectivity index (χ4n) is 3.37. The van der Waals surface area contributed by atoms with E-state index >= 15 is 0 Å². The number of hydrogen-bond acceptors (Lipinski definition) is 4. The predicted octanol–water partition coefficient (Wildman–Crippen LogP) is 0.315. The molecular weight excluding hydrogens is 320 g/mol. The Bertz CT molecular complexity index is 622. The molecule has 2 aliphatic rings. The molecule has 1 aromatic rings. The van der Waals surface area contributed by atoms with Crippen LogP contribution in [0.15, 0.2) is 24.3 Å². The molecule has 2 aliphatic heterocycles. The molecule has 1 atom stereocenters. The van der Waals surface area contributed by atoms with Crippen molar-refractivity contribution in [2.75, 3.05) is 53.0 Å². The zero-order valence-electron chi connectivity index (χ0n) is 14.7. The van der Waals surface area contributed by atoms with E-state index < -0.39 is 0 Å². The van der Waals surface area contributed by atoms with Gasteiger partial charge < -0.3 is 20.3 Å². The SMILES string of the molecule is CNC(=O)c1cccc(CCNC(=O)N2CCN3CCOCC3C2)c1. The minimum Gasteiger partial charge on any atom is -0.378 e. The van der Waals surface area contributed by atoms with E-state index in [-0.39, 0.29) is 11.9 Å². The molecule has 3 rings (SSSR count). The Morgan fingerprint density at radius 1 is 1.28 bits per heavy atom. The fourth-order valence-corrected chi connectivity index (χ4v) is 3.37. The predicted molar refractivity (Wildman–Crippen MR) is 94.7 cm³/mol. The summed E-state index contributed by atoms with van der Waals surface area (Å²) >= 11 is 0. The van der Waals surface area contributed by atoms with Crippen LogP contribution < -0.4 is 10.6 Å². The molecule has 0 radical (unpaired) electrons. The highest BCUT2D eigenvalue weighted by atomic mass is 16.5. The Morgan fingerprint density at radius 3 is 3.00 bits per heavy atom. The van der Waals surface area contributed by atoms with Crippen LogP contribution in [-0.4, -0.2) is 80.8 Å². The number of amides is 3. The van der Waals surface area contributed by atoms with Gasteiger partial charge in [0.25, 0.3) is 5.91 Å². The Morgan fingerprint density at radius 2 is 2.16 bits per heavy atom. The van der Waals surface area contributed by atoms with Crippen molar-refractivity contribution in [2.24, 2.45) is 0 Å². The smallest absolute Gasteiger partial charge is 0.317 e. The number of morpholine rings is 1. The maximum atomic E-state index is 12.4. The van der Waals surface area contributed by atoms with Crippen LogP contribution in [0.25, 0.3) is 0 Å². The molecule has 2 heterocycles. The van der Waals surface area contributed by atoms with Gasteiger partial charge in [0.2, 0.25) is 0 Å². The molecule has 7 nitrogen and oxygen atoms in total. The lowest BCUT2D eigenvalue weighted by Gasteiger charge is -2.43. The number of benzene rings is 1. The molecule has 136 valence electrons. The molecular formula is C18H26N4O3. The van der Waals surface area contributed by atoms with Crippen molar-refractivity contribution >= 4 is 11.9 Å². The summed E-state index contributed by atoms with van der Waals surface area (Å²) in [6.45, 7) is 5.40. The number of ether oxygens (including phenoxy) is 1. The van der Waals surface area contributed by atoms with Gasteiger partial charge >= 0.3 is 6.03 Å². The lowest BCUT2D eigenvalue weighted by Crippen LogP contribution is -2.60. The summed E-state index contributed by atoms with van der Waals surface area (Å²) in [6.07, 6.45) is 0.697. The van der Waals surface area contributed by atoms with E-state index in [1.807, 2.05) is 23.1 Å². The molecule has 0 spiro atoms. The van der Waals surface area contributed by atoms with Crippen molar-refractivity contribution in [3.63, 3.8) is 0 Å². The van der Waals surface area contributed by atoms with Crippen LogP contribution in [0.1, 0.15) is 15.9 Å². The molecule has 25 heavy (non-hydrogen) atoms. The zero-order chi connectivity index (χ0) is 17.6. The van der Waals surface area contributed by atoms with E-state index in [1.54, 1.807) is 13.1 Å². The van der Waals surface area contributed by atoms with Crippen LogP contribution in [0.2, 0.25) is 0 Å². The summed E-state index contributed by atoms with van der Waals surface area (Å²) in [5, 5.41) is 5.61. The third-order valence-electron chi connectivity index (χ3n) is 4.83. The first-order valence-electron chi connectivity index (χ1n) is 8.83. The highest BCUT2D eigenvalue weighted by Gasteiger charge is 2.31. The van der Waals surface area contributed by atoms with E-state index in [0.717, 1.165) is 38.3 Å². The minimum atomic E-state index is -0.0987. The number of urea groups is 1. The summed E-state index contributed by atoms with van der Waals surface area (Å²) < 4.78 is 5.51. The first-order chi connectivity index (χ1) is 12.2. The monoisotopic (exact) mass is 346 g/mol. The van der Waals surface area contributed by atoms with Gasteiger partial charge in [-0.15, -0.1) is 0 Å². The van der Waals surface area contributed by atoms with E-state index in [1.165, 1.54) is 0 Å². The topological polar surface area (TPSA) is 73.9 Å². The summed E-state index contributed by atoms with van der Waals surface area (Å²) in [5.74, 6) is -0.0987. The minimum absolute atomic E-state index is 0.0207. The number of fused-ring (bicyclic) bond motifs is 1. The molecule has 1 unspecified atom stereocenters. The highest BCUT2D eigenvalue weighted by Crippen LogP contribution is 2.13. The second-order valence-electron chi connectivity index (χ2n) is 6.47. The first-order valence-corrected chi connectivity index (χ1v) is 8.83. The van der Waals surface area contributed by atoms with E-state index in [4.69, 9.17) is 4.74 Å². The van der Waals surface area contributed by atoms with Crippen LogP contribution in [-0.2, 0) is 11.2 Å². The number of carbonyl (C=O) groups excluding carboxylic acids is 2. The largest absolute Gasteiger partial charge is 0.378 e. The zero-order valence-corrected chi connectivity index (χ0v) is 14.7. The summed E-state index contributed by atoms with van der Waals surface area (Å²) in [7, 11) is 1.62. The van der Waals surface area contributed by atoms with Crippen LogP contribution in [0.5, 0.6) is 0 Å². The van der Waals surface area contributed by atoms with Crippen molar-refractivity contribution in [1.82, 2.24) is 20.4 Å². The molecule has 0 bridgehead atoms. The third kappa shape index (κ3) is 4.49. The van der Waals surface area contributed by atoms with Gasteiger partial charge in [-0.05, 0) is 24.1 Å². The quantitative estimate of drug-likeness (QED) is 0.823. The number of nitrogens with one attached hydrogen (secondary N) is 2. The van der Waals surface area contributed by atoms with E-state index in [2.05, 4.69) is 15.5 Å². The van der Waals surface area contributed by atoms with Gasteiger partial charge in [-0.25, -0.2) is 4.79 Å². The van der Waals surface area contributed by atoms with Crippen molar-refractivity contribution in [2.45, 2.75) is 12.5 Å². The van der Waals surface area contributed by atoms with Crippen LogP contribution in [0, 0.1) is 0 Å². The highest BCUT2D eigenvalue weighted by molar-refractivity contribution is 5.94. The Labute approximate surface area is 148 Å². The fraction of sp³-hybridized carbons (Fsp3) is 0.556. The molecule has 0 aliphatic carbocycles. The number of rotatable bonds is 4. The second kappa shape index (κ2) is 8.31. The van der Waals surface area contributed by atoms with Crippen LogP contribution >= 0.6 is 0 Å². The maximum Gasteiger partial charge on any atom is 0.317 e. The summed E-state index contributed by atoms with van der Waals surface area (Å²) in [5.41, 5.74) is 1.67. The number of nitrogens with zero attached hydrogens (tertiary/aromatic N) is 2. The molecule has 1 aromatic carbocycles. The Kier molecular flexibility index (Phi) is 5.88. The van der Waals surface area contributed by atoms with Crippen LogP contribution in [0.4, 0.5) is 4.79 Å². The van der Waals surface area contributed by atoms with Gasteiger partial charge in [-0.2, -0.15) is 0 Å². The number of hydrogen-bond donors (Lipinski definition) is 2. The normalized spacial score (nSPS) is 20.7. The Hall–Kier alpha value is -2.12. The van der Waals surface area contributed by atoms with E-state index in [9.17, 15) is 9.59 Å². The molecule has 0 saturated carbocycles. The number of piperazine rings is 1. The summed E-state index contributed by atoms with van der Waals surface area (Å²) in [4.78, 5) is 28.3. The lowest BCUT2D eigenvalue weighted by molar-refractivity contribution is -0.0364. The van der Waals surface area contributed by atoms with Gasteiger partial charge in [0, 0.05) is 45.3 Å². The van der Waals surface area contributed by atoms with Crippen molar-refractivity contribution in [3.05, 3.63) is 35.4 Å². The third-order valence-corrected chi connectivity index (χ3v) is 4.83. The van der Waals surface area contributed by atoms with E-state index in [0.29, 0.717) is 31.2 Å². The van der Waals surface area contributed by atoms with Crippen molar-refractivity contribution < 1.29 is 14.3 Å². The average molecular weight is 346 g/mol. The molecule has 2 fully saturated rings. The van der Waals surface area contributed by atoms with Crippen LogP contribution in [0.3, 0.4) is 0 Å².